The summed E-state index contributed by atoms with van der Waals surface area (Å²) >= 11 is 6.62. The van der Waals surface area contributed by atoms with Crippen LogP contribution >= 0.6 is 11.6 Å². The number of carbonyl (C=O) groups excluding carboxylic acids is 1. The molecule has 1 atom stereocenters. The largest absolute Gasteiger partial charge is 0.343 e. The summed E-state index contributed by atoms with van der Waals surface area (Å²) in [4.78, 5) is 20.7. The quantitative estimate of drug-likeness (QED) is 0.535. The predicted molar refractivity (Wildman–Crippen MR) is 138 cm³/mol. The number of rotatable bonds is 7. The van der Waals surface area contributed by atoms with Crippen molar-refractivity contribution in [1.82, 2.24) is 29.7 Å². The lowest BCUT2D eigenvalue weighted by atomic mass is 9.94. The molecule has 2 fully saturated rings. The summed E-state index contributed by atoms with van der Waals surface area (Å²) in [6, 6.07) is 12.8. The molecule has 0 radical (unpaired) electrons. The van der Waals surface area contributed by atoms with Gasteiger partial charge in [-0.05, 0) is 56.3 Å². The van der Waals surface area contributed by atoms with E-state index >= 15 is 0 Å². The fourth-order valence-electron chi connectivity index (χ4n) is 5.58. The van der Waals surface area contributed by atoms with Gasteiger partial charge in [-0.15, -0.1) is 0 Å². The van der Waals surface area contributed by atoms with Crippen molar-refractivity contribution in [2.45, 2.75) is 51.6 Å². The third-order valence-electron chi connectivity index (χ3n) is 7.56. The molecular formula is C27H35ClN6O. The molecule has 0 bridgehead atoms. The number of hydrogen-bond acceptors (Lipinski definition) is 5. The van der Waals surface area contributed by atoms with Gasteiger partial charge in [0, 0.05) is 57.3 Å². The Hall–Kier alpha value is -2.48. The first-order valence-corrected chi connectivity index (χ1v) is 13.2. The smallest absolute Gasteiger partial charge is 0.219 e. The van der Waals surface area contributed by atoms with Crippen molar-refractivity contribution in [2.24, 2.45) is 5.92 Å². The minimum atomic E-state index is 0.178. The fraction of sp³-hybridized carbons (Fsp3) is 0.519. The van der Waals surface area contributed by atoms with E-state index < -0.39 is 0 Å². The molecule has 3 aromatic rings. The summed E-state index contributed by atoms with van der Waals surface area (Å²) in [6.45, 7) is 8.04. The Labute approximate surface area is 212 Å². The van der Waals surface area contributed by atoms with Gasteiger partial charge in [-0.1, -0.05) is 41.9 Å². The van der Waals surface area contributed by atoms with Gasteiger partial charge in [0.05, 0.1) is 5.69 Å². The number of nitrogens with zero attached hydrogens (tertiary/aromatic N) is 5. The number of fused-ring (bicyclic) bond motifs is 1. The van der Waals surface area contributed by atoms with Crippen molar-refractivity contribution >= 4 is 23.2 Å². The van der Waals surface area contributed by atoms with E-state index in [1.54, 1.807) is 6.92 Å². The number of likely N-dealkylation sites (tertiary alicyclic amines) is 2. The Morgan fingerprint density at radius 1 is 1.11 bits per heavy atom. The zero-order valence-electron chi connectivity index (χ0n) is 20.5. The number of piperidine rings is 2. The molecule has 1 N–H and O–H groups in total. The van der Waals surface area contributed by atoms with Crippen molar-refractivity contribution in [2.75, 3.05) is 32.7 Å². The molecule has 0 spiro atoms. The van der Waals surface area contributed by atoms with Crippen molar-refractivity contribution in [3.8, 4) is 0 Å². The van der Waals surface area contributed by atoms with Gasteiger partial charge in [0.1, 0.15) is 0 Å². The maximum Gasteiger partial charge on any atom is 0.219 e. The SMILES string of the molecule is CC(=O)N1CCC(CNCc2c(Cl)nn3c(C4CCCN(Cc5ccccc5)C4)ccnc23)CC1. The van der Waals surface area contributed by atoms with E-state index in [1.807, 2.05) is 15.6 Å². The molecule has 1 aromatic carbocycles. The Balaban J connectivity index is 1.24. The van der Waals surface area contributed by atoms with E-state index in [2.05, 4.69) is 51.6 Å². The van der Waals surface area contributed by atoms with E-state index in [4.69, 9.17) is 16.7 Å². The van der Waals surface area contributed by atoms with E-state index in [0.29, 0.717) is 23.5 Å². The standard InChI is InChI=1S/C27H35ClN6O/c1-20(35)33-14-10-21(11-15-33)16-29-17-24-26(28)31-34-25(9-12-30-27(24)34)23-8-5-13-32(19-23)18-22-6-3-2-4-7-22/h2-4,6-7,9,12,21,23,29H,5,8,10-11,13-19H2,1H3. The van der Waals surface area contributed by atoms with Crippen LogP contribution in [0.1, 0.15) is 55.3 Å². The van der Waals surface area contributed by atoms with Crippen LogP contribution in [0.2, 0.25) is 5.15 Å². The fourth-order valence-corrected chi connectivity index (χ4v) is 5.81. The summed E-state index contributed by atoms with van der Waals surface area (Å²) in [5, 5.41) is 8.82. The number of aromatic nitrogens is 3. The van der Waals surface area contributed by atoms with Crippen molar-refractivity contribution < 1.29 is 4.79 Å². The van der Waals surface area contributed by atoms with Crippen molar-refractivity contribution in [3.63, 3.8) is 0 Å². The number of hydrogen-bond donors (Lipinski definition) is 1. The molecule has 5 rings (SSSR count). The Morgan fingerprint density at radius 3 is 2.69 bits per heavy atom. The van der Waals surface area contributed by atoms with Gasteiger partial charge in [0.25, 0.3) is 0 Å². The zero-order valence-corrected chi connectivity index (χ0v) is 21.3. The monoisotopic (exact) mass is 494 g/mol. The molecule has 8 heteroatoms. The minimum Gasteiger partial charge on any atom is -0.343 e. The molecule has 2 aliphatic heterocycles. The van der Waals surface area contributed by atoms with Crippen LogP contribution in [0.15, 0.2) is 42.6 Å². The van der Waals surface area contributed by atoms with Crippen LogP contribution in [-0.4, -0.2) is 63.0 Å². The van der Waals surface area contributed by atoms with Crippen LogP contribution in [0, 0.1) is 5.92 Å². The van der Waals surface area contributed by atoms with E-state index in [9.17, 15) is 4.79 Å². The summed E-state index contributed by atoms with van der Waals surface area (Å²) in [6.07, 6.45) is 6.30. The molecule has 2 saturated heterocycles. The highest BCUT2D eigenvalue weighted by Crippen LogP contribution is 2.30. The van der Waals surface area contributed by atoms with Crippen molar-refractivity contribution in [1.29, 1.82) is 0 Å². The molecule has 2 aromatic heterocycles. The van der Waals surface area contributed by atoms with Gasteiger partial charge in [-0.3, -0.25) is 9.69 Å². The lowest BCUT2D eigenvalue weighted by Gasteiger charge is -2.33. The van der Waals surface area contributed by atoms with E-state index in [1.165, 1.54) is 17.7 Å². The van der Waals surface area contributed by atoms with Crippen LogP contribution in [0.25, 0.3) is 5.65 Å². The highest BCUT2D eigenvalue weighted by atomic mass is 35.5. The summed E-state index contributed by atoms with van der Waals surface area (Å²) in [5.41, 5.74) is 4.37. The highest BCUT2D eigenvalue weighted by molar-refractivity contribution is 6.30. The zero-order chi connectivity index (χ0) is 24.2. The second-order valence-electron chi connectivity index (χ2n) is 10.0. The Kier molecular flexibility index (Phi) is 7.66. The number of amides is 1. The third kappa shape index (κ3) is 5.68. The number of benzene rings is 1. The van der Waals surface area contributed by atoms with Gasteiger partial charge in [0.2, 0.25) is 5.91 Å². The van der Waals surface area contributed by atoms with Crippen LogP contribution < -0.4 is 5.32 Å². The van der Waals surface area contributed by atoms with Crippen LogP contribution in [0.4, 0.5) is 0 Å². The molecule has 2 aliphatic rings. The normalized spacial score (nSPS) is 19.9. The predicted octanol–water partition coefficient (Wildman–Crippen LogP) is 4.11. The van der Waals surface area contributed by atoms with E-state index in [-0.39, 0.29) is 5.91 Å². The first kappa shape index (κ1) is 24.2. The third-order valence-corrected chi connectivity index (χ3v) is 7.87. The maximum atomic E-state index is 11.6. The topological polar surface area (TPSA) is 65.8 Å². The molecule has 0 saturated carbocycles. The Morgan fingerprint density at radius 2 is 1.91 bits per heavy atom. The minimum absolute atomic E-state index is 0.178. The average molecular weight is 495 g/mol. The number of carbonyl (C=O) groups is 1. The molecule has 7 nitrogen and oxygen atoms in total. The highest BCUT2D eigenvalue weighted by Gasteiger charge is 2.26. The van der Waals surface area contributed by atoms with Crippen LogP contribution in [0.3, 0.4) is 0 Å². The van der Waals surface area contributed by atoms with Gasteiger partial charge in [-0.2, -0.15) is 5.10 Å². The Bertz CT molecular complexity index is 1140. The summed E-state index contributed by atoms with van der Waals surface area (Å²) in [7, 11) is 0. The molecule has 186 valence electrons. The number of nitrogens with one attached hydrogen (secondary N) is 1. The summed E-state index contributed by atoms with van der Waals surface area (Å²) in [5.74, 6) is 1.16. The number of halogens is 1. The first-order valence-electron chi connectivity index (χ1n) is 12.8. The lowest BCUT2D eigenvalue weighted by molar-refractivity contribution is -0.130. The molecule has 1 amide bonds. The maximum absolute atomic E-state index is 11.6. The van der Waals surface area contributed by atoms with Crippen LogP contribution in [0.5, 0.6) is 0 Å². The molecule has 0 aliphatic carbocycles. The molecule has 35 heavy (non-hydrogen) atoms. The molecular weight excluding hydrogens is 460 g/mol. The lowest BCUT2D eigenvalue weighted by Crippen LogP contribution is -2.39. The molecule has 4 heterocycles. The van der Waals surface area contributed by atoms with Crippen molar-refractivity contribution in [3.05, 3.63) is 64.6 Å². The first-order chi connectivity index (χ1) is 17.1. The second kappa shape index (κ2) is 11.1. The summed E-state index contributed by atoms with van der Waals surface area (Å²) < 4.78 is 1.97. The van der Waals surface area contributed by atoms with Gasteiger partial charge < -0.3 is 10.2 Å². The van der Waals surface area contributed by atoms with Gasteiger partial charge in [0.15, 0.2) is 10.8 Å². The van der Waals surface area contributed by atoms with Gasteiger partial charge in [-0.25, -0.2) is 9.50 Å². The second-order valence-corrected chi connectivity index (χ2v) is 10.4. The molecule has 1 unspecified atom stereocenters. The van der Waals surface area contributed by atoms with Gasteiger partial charge >= 0.3 is 0 Å². The average Bonchev–Trinajstić information content (AvgIpc) is 3.20. The van der Waals surface area contributed by atoms with E-state index in [0.717, 1.165) is 69.7 Å². The van der Waals surface area contributed by atoms with Crippen LogP contribution in [-0.2, 0) is 17.9 Å².